The van der Waals surface area contributed by atoms with Gasteiger partial charge in [-0.25, -0.2) is 4.39 Å². The molecule has 7 N–H and O–H groups in total. The molecular formula is C25H36FN5O6. The zero-order chi connectivity index (χ0) is 27.5. The summed E-state index contributed by atoms with van der Waals surface area (Å²) in [5.74, 6) is -3.19. The van der Waals surface area contributed by atoms with Crippen molar-refractivity contribution in [2.75, 3.05) is 13.1 Å². The lowest BCUT2D eigenvalue weighted by Crippen LogP contribution is -2.65. The molecule has 2 fully saturated rings. The Morgan fingerprint density at radius 3 is 2.46 bits per heavy atom. The Bertz CT molecular complexity index is 1040. The predicted octanol–water partition coefficient (Wildman–Crippen LogP) is -1.22. The summed E-state index contributed by atoms with van der Waals surface area (Å²) in [5, 5.41) is 22.3. The van der Waals surface area contributed by atoms with E-state index in [-0.39, 0.29) is 25.9 Å². The normalized spacial score (nSPS) is 24.9. The highest BCUT2D eigenvalue weighted by Crippen LogP contribution is 2.36. The van der Waals surface area contributed by atoms with E-state index in [2.05, 4.69) is 5.32 Å². The van der Waals surface area contributed by atoms with Gasteiger partial charge in [0, 0.05) is 19.5 Å². The van der Waals surface area contributed by atoms with Crippen LogP contribution in [0.2, 0.25) is 0 Å². The Morgan fingerprint density at radius 1 is 1.16 bits per heavy atom. The standard InChI is InChI=1S/C25H36FN5O6/c1-14(32)19(27)23(36)30-10-4-8-18(30)22(35)31-11-5-9-25(31,13-16-6-3-7-17(26)12-16)24(37)29-20(15(2)33)21(28)34/h3,6-7,12,14-15,18-20,32-33H,4-5,8-11,13,27H2,1-2H3,(H2,28,34)(H,29,37)/t14-,15-,18?,19+,20+,25?/m1/s1. The molecule has 11 nitrogen and oxygen atoms in total. The topological polar surface area (TPSA) is 179 Å². The van der Waals surface area contributed by atoms with Gasteiger partial charge in [-0.15, -0.1) is 0 Å². The maximum absolute atomic E-state index is 14.0. The first-order valence-electron chi connectivity index (χ1n) is 12.5. The summed E-state index contributed by atoms with van der Waals surface area (Å²) in [4.78, 5) is 55.2. The Morgan fingerprint density at radius 2 is 1.86 bits per heavy atom. The van der Waals surface area contributed by atoms with E-state index in [1.165, 1.54) is 41.8 Å². The van der Waals surface area contributed by atoms with Gasteiger partial charge in [0.15, 0.2) is 0 Å². The second-order valence-corrected chi connectivity index (χ2v) is 9.98. The monoisotopic (exact) mass is 521 g/mol. The number of nitrogens with two attached hydrogens (primary N) is 2. The van der Waals surface area contributed by atoms with E-state index >= 15 is 0 Å². The van der Waals surface area contributed by atoms with Crippen molar-refractivity contribution in [3.63, 3.8) is 0 Å². The van der Waals surface area contributed by atoms with Crippen molar-refractivity contribution < 1.29 is 33.8 Å². The zero-order valence-corrected chi connectivity index (χ0v) is 21.1. The summed E-state index contributed by atoms with van der Waals surface area (Å²) >= 11 is 0. The fourth-order valence-corrected chi connectivity index (χ4v) is 5.25. The van der Waals surface area contributed by atoms with Gasteiger partial charge >= 0.3 is 0 Å². The van der Waals surface area contributed by atoms with Crippen LogP contribution in [0.3, 0.4) is 0 Å². The Hall–Kier alpha value is -3.09. The fraction of sp³-hybridized carbons (Fsp3) is 0.600. The third-order valence-electron chi connectivity index (χ3n) is 7.26. The van der Waals surface area contributed by atoms with Crippen molar-refractivity contribution in [1.29, 1.82) is 0 Å². The number of nitrogens with zero attached hydrogens (tertiary/aromatic N) is 2. The van der Waals surface area contributed by atoms with Gasteiger partial charge in [-0.05, 0) is 57.2 Å². The number of aliphatic hydroxyl groups excluding tert-OH is 2. The first-order valence-corrected chi connectivity index (χ1v) is 12.5. The average Bonchev–Trinajstić information content (AvgIpc) is 3.48. The molecule has 0 aliphatic carbocycles. The number of aliphatic hydroxyl groups is 2. The number of hydrogen-bond acceptors (Lipinski definition) is 7. The highest BCUT2D eigenvalue weighted by molar-refractivity contribution is 5.98. The van der Waals surface area contributed by atoms with Gasteiger partial charge in [0.1, 0.15) is 29.5 Å². The number of halogens is 1. The smallest absolute Gasteiger partial charge is 0.247 e. The van der Waals surface area contributed by atoms with Crippen molar-refractivity contribution >= 4 is 23.6 Å². The largest absolute Gasteiger partial charge is 0.391 e. The number of primary amides is 1. The van der Waals surface area contributed by atoms with E-state index in [0.717, 1.165) is 0 Å². The summed E-state index contributed by atoms with van der Waals surface area (Å²) < 4.78 is 14.0. The second-order valence-electron chi connectivity index (χ2n) is 9.98. The van der Waals surface area contributed by atoms with Gasteiger partial charge in [-0.3, -0.25) is 19.2 Å². The number of hydrogen-bond donors (Lipinski definition) is 5. The zero-order valence-electron chi connectivity index (χ0n) is 21.1. The molecule has 0 saturated carbocycles. The molecule has 0 aromatic heterocycles. The maximum Gasteiger partial charge on any atom is 0.247 e. The van der Waals surface area contributed by atoms with Gasteiger partial charge in [0.25, 0.3) is 0 Å². The highest BCUT2D eigenvalue weighted by atomic mass is 19.1. The summed E-state index contributed by atoms with van der Waals surface area (Å²) in [6.07, 6.45) is -0.914. The van der Waals surface area contributed by atoms with Crippen LogP contribution in [0.15, 0.2) is 24.3 Å². The molecule has 1 aromatic rings. The van der Waals surface area contributed by atoms with Gasteiger partial charge in [-0.2, -0.15) is 0 Å². The van der Waals surface area contributed by atoms with E-state index in [9.17, 15) is 33.8 Å². The molecule has 2 aliphatic heterocycles. The molecular weight excluding hydrogens is 485 g/mol. The van der Waals surface area contributed by atoms with Crippen LogP contribution in [0.25, 0.3) is 0 Å². The maximum atomic E-state index is 14.0. The van der Waals surface area contributed by atoms with Crippen LogP contribution in [-0.4, -0.2) is 92.6 Å². The van der Waals surface area contributed by atoms with Crippen LogP contribution in [-0.2, 0) is 25.6 Å². The Labute approximate surface area is 215 Å². The SMILES string of the molecule is C[C@@H](O)[C@H](N)C(=O)N1CCCC1C(=O)N1CCCC1(Cc1cccc(F)c1)C(=O)N[C@H](C(N)=O)[C@@H](C)O. The molecule has 6 atom stereocenters. The number of benzene rings is 1. The van der Waals surface area contributed by atoms with Crippen molar-refractivity contribution in [1.82, 2.24) is 15.1 Å². The van der Waals surface area contributed by atoms with E-state index < -0.39 is 65.3 Å². The van der Waals surface area contributed by atoms with Crippen LogP contribution in [0.5, 0.6) is 0 Å². The summed E-state index contributed by atoms with van der Waals surface area (Å²) in [6, 6.07) is 2.17. The van der Waals surface area contributed by atoms with Gasteiger partial charge in [-0.1, -0.05) is 12.1 Å². The van der Waals surface area contributed by atoms with Gasteiger partial charge < -0.3 is 36.8 Å². The number of rotatable bonds is 9. The third-order valence-corrected chi connectivity index (χ3v) is 7.26. The molecule has 2 aliphatic rings. The molecule has 4 amide bonds. The third kappa shape index (κ3) is 5.91. The average molecular weight is 522 g/mol. The first-order chi connectivity index (χ1) is 17.4. The molecule has 37 heavy (non-hydrogen) atoms. The number of likely N-dealkylation sites (tertiary alicyclic amines) is 2. The van der Waals surface area contributed by atoms with Crippen molar-refractivity contribution in [2.45, 2.75) is 81.8 Å². The first kappa shape index (κ1) is 28.5. The molecule has 2 heterocycles. The molecule has 0 radical (unpaired) electrons. The number of nitrogens with one attached hydrogen (secondary N) is 1. The molecule has 2 unspecified atom stereocenters. The lowest BCUT2D eigenvalue weighted by molar-refractivity contribution is -0.152. The lowest BCUT2D eigenvalue weighted by Gasteiger charge is -2.41. The van der Waals surface area contributed by atoms with Crippen LogP contribution in [0.4, 0.5) is 4.39 Å². The van der Waals surface area contributed by atoms with Crippen LogP contribution in [0, 0.1) is 5.82 Å². The Balaban J connectivity index is 1.98. The summed E-state index contributed by atoms with van der Waals surface area (Å²) in [5.41, 5.74) is 10.2. The molecule has 0 spiro atoms. The highest BCUT2D eigenvalue weighted by Gasteiger charge is 2.53. The van der Waals surface area contributed by atoms with E-state index in [1.54, 1.807) is 6.07 Å². The molecule has 3 rings (SSSR count). The number of amides is 4. The molecule has 0 bridgehead atoms. The second kappa shape index (κ2) is 11.5. The minimum atomic E-state index is -1.52. The molecule has 204 valence electrons. The lowest BCUT2D eigenvalue weighted by atomic mass is 9.86. The molecule has 1 aromatic carbocycles. The number of carbonyl (C=O) groups is 4. The van der Waals surface area contributed by atoms with E-state index in [4.69, 9.17) is 11.5 Å². The van der Waals surface area contributed by atoms with Crippen molar-refractivity contribution in [3.05, 3.63) is 35.6 Å². The van der Waals surface area contributed by atoms with Crippen LogP contribution >= 0.6 is 0 Å². The van der Waals surface area contributed by atoms with Crippen molar-refractivity contribution in [2.24, 2.45) is 11.5 Å². The Kier molecular flexibility index (Phi) is 8.88. The van der Waals surface area contributed by atoms with E-state index in [0.29, 0.717) is 24.8 Å². The van der Waals surface area contributed by atoms with Gasteiger partial charge in [0.2, 0.25) is 23.6 Å². The minimum Gasteiger partial charge on any atom is -0.391 e. The predicted molar refractivity (Wildman–Crippen MR) is 131 cm³/mol. The van der Waals surface area contributed by atoms with Crippen LogP contribution in [0.1, 0.15) is 45.1 Å². The summed E-state index contributed by atoms with van der Waals surface area (Å²) in [7, 11) is 0. The fourth-order valence-electron chi connectivity index (χ4n) is 5.25. The quantitative estimate of drug-likeness (QED) is 0.270. The number of carbonyl (C=O) groups excluding carboxylic acids is 4. The summed E-state index contributed by atoms with van der Waals surface area (Å²) in [6.45, 7) is 3.17. The molecule has 12 heteroatoms. The van der Waals surface area contributed by atoms with E-state index in [1.807, 2.05) is 0 Å². The van der Waals surface area contributed by atoms with Crippen molar-refractivity contribution in [3.8, 4) is 0 Å². The van der Waals surface area contributed by atoms with Crippen LogP contribution < -0.4 is 16.8 Å². The van der Waals surface area contributed by atoms with Gasteiger partial charge in [0.05, 0.1) is 12.2 Å². The minimum absolute atomic E-state index is 0.0541. The molecule has 2 saturated heterocycles.